The molecule has 6 heteroatoms. The summed E-state index contributed by atoms with van der Waals surface area (Å²) >= 11 is 0. The number of hydrogen-bond donors (Lipinski definition) is 3. The number of aromatic carboxylic acids is 1. The van der Waals surface area contributed by atoms with Crippen LogP contribution in [0, 0.1) is 5.41 Å². The van der Waals surface area contributed by atoms with Crippen molar-refractivity contribution in [3.05, 3.63) is 71.3 Å². The van der Waals surface area contributed by atoms with Crippen molar-refractivity contribution in [2.45, 2.75) is 26.2 Å². The summed E-state index contributed by atoms with van der Waals surface area (Å²) in [5.41, 5.74) is 1.85. The van der Waals surface area contributed by atoms with Crippen LogP contribution in [-0.2, 0) is 0 Å². The molecule has 0 fully saturated rings. The molecule has 3 aromatic carbocycles. The lowest BCUT2D eigenvalue weighted by molar-refractivity contribution is 0.0696. The molecule has 0 bridgehead atoms. The first-order valence-corrected chi connectivity index (χ1v) is 9.83. The third-order valence-corrected chi connectivity index (χ3v) is 4.97. The van der Waals surface area contributed by atoms with Crippen molar-refractivity contribution in [2.24, 2.45) is 0 Å². The van der Waals surface area contributed by atoms with Crippen LogP contribution in [0.15, 0.2) is 54.6 Å². The van der Waals surface area contributed by atoms with E-state index >= 15 is 0 Å². The molecule has 1 amide bonds. The van der Waals surface area contributed by atoms with Crippen molar-refractivity contribution in [3.8, 4) is 5.75 Å². The smallest absolute Gasteiger partial charge is 0.335 e. The Bertz CT molecular complexity index is 1090. The maximum Gasteiger partial charge on any atom is 0.335 e. The van der Waals surface area contributed by atoms with Gasteiger partial charge < -0.3 is 20.6 Å². The highest BCUT2D eigenvalue weighted by atomic mass is 16.5. The maximum atomic E-state index is 13.2. The minimum absolute atomic E-state index is 0.146. The number of nitrogens with one attached hydrogen (secondary N) is 2. The van der Waals surface area contributed by atoms with Gasteiger partial charge >= 0.3 is 5.97 Å². The summed E-state index contributed by atoms with van der Waals surface area (Å²) in [7, 11) is 0. The Morgan fingerprint density at radius 2 is 1.83 bits per heavy atom. The molecule has 0 aromatic heterocycles. The number of carboxylic acids is 1. The molecule has 3 N–H and O–H groups in total. The number of hydrogen-bond acceptors (Lipinski definition) is 4. The van der Waals surface area contributed by atoms with Crippen LogP contribution in [0.2, 0.25) is 0 Å². The molecule has 1 atom stereocenters. The molecule has 0 saturated heterocycles. The zero-order chi connectivity index (χ0) is 21.7. The summed E-state index contributed by atoms with van der Waals surface area (Å²) in [6, 6.07) is 15.5. The molecule has 154 valence electrons. The van der Waals surface area contributed by atoms with Crippen molar-refractivity contribution in [1.82, 2.24) is 0 Å². The Hall–Kier alpha value is -3.67. The number of fused-ring (bicyclic) bond motifs is 1. The number of ether oxygens (including phenoxy) is 1. The molecular weight excluding hydrogens is 380 g/mol. The summed E-state index contributed by atoms with van der Waals surface area (Å²) in [6.45, 7) is 4.24. The second-order valence-electron chi connectivity index (χ2n) is 6.84. The van der Waals surface area contributed by atoms with Crippen molar-refractivity contribution in [2.75, 3.05) is 11.9 Å². The van der Waals surface area contributed by atoms with E-state index in [1.54, 1.807) is 18.2 Å². The second kappa shape index (κ2) is 9.22. The number of benzene rings is 3. The van der Waals surface area contributed by atoms with Crippen LogP contribution in [-0.4, -0.2) is 29.8 Å². The fourth-order valence-electron chi connectivity index (χ4n) is 3.49. The minimum atomic E-state index is -1.03. The van der Waals surface area contributed by atoms with Gasteiger partial charge in [0.25, 0.3) is 5.91 Å². The number of carbonyl (C=O) groups is 2. The van der Waals surface area contributed by atoms with E-state index in [9.17, 15) is 9.59 Å². The molecule has 0 radical (unpaired) electrons. The normalized spacial score (nSPS) is 11.7. The minimum Gasteiger partial charge on any atom is -0.493 e. The van der Waals surface area contributed by atoms with Crippen LogP contribution in [0.5, 0.6) is 5.75 Å². The van der Waals surface area contributed by atoms with Gasteiger partial charge in [0.15, 0.2) is 0 Å². The van der Waals surface area contributed by atoms with Gasteiger partial charge in [0.1, 0.15) is 5.75 Å². The van der Waals surface area contributed by atoms with E-state index < -0.39 is 5.97 Å². The molecule has 0 spiro atoms. The third kappa shape index (κ3) is 4.17. The van der Waals surface area contributed by atoms with E-state index in [4.69, 9.17) is 15.3 Å². The standard InChI is InChI=1S/C24H24N2O4/c1-3-15(14-25)21-19-8-6-5-7-17(19)13-20(22(21)30-4-2)23(27)26-18-11-9-16(10-12-18)24(28)29/h5-15,25H,3-4H2,1-2H3,(H,26,27)(H,28,29). The molecule has 0 heterocycles. The van der Waals surface area contributed by atoms with Crippen LogP contribution in [0.25, 0.3) is 10.8 Å². The van der Waals surface area contributed by atoms with Crippen molar-refractivity contribution >= 4 is 34.6 Å². The Labute approximate surface area is 175 Å². The average molecular weight is 404 g/mol. The molecule has 0 aliphatic rings. The summed E-state index contributed by atoms with van der Waals surface area (Å²) in [5, 5.41) is 21.6. The van der Waals surface area contributed by atoms with Crippen LogP contribution in [0.3, 0.4) is 0 Å². The van der Waals surface area contributed by atoms with Crippen molar-refractivity contribution < 1.29 is 19.4 Å². The predicted octanol–water partition coefficient (Wildman–Crippen LogP) is 5.33. The quantitative estimate of drug-likeness (QED) is 0.442. The topological polar surface area (TPSA) is 99.5 Å². The molecular formula is C24H24N2O4. The molecule has 30 heavy (non-hydrogen) atoms. The number of rotatable bonds is 8. The van der Waals surface area contributed by atoms with Gasteiger partial charge in [-0.1, -0.05) is 31.2 Å². The molecule has 0 aliphatic heterocycles. The van der Waals surface area contributed by atoms with Gasteiger partial charge in [0, 0.05) is 23.4 Å². The highest BCUT2D eigenvalue weighted by molar-refractivity contribution is 6.10. The fraction of sp³-hybridized carbons (Fsp3) is 0.208. The van der Waals surface area contributed by atoms with Gasteiger partial charge in [-0.3, -0.25) is 4.79 Å². The van der Waals surface area contributed by atoms with Crippen molar-refractivity contribution in [3.63, 3.8) is 0 Å². The summed E-state index contributed by atoms with van der Waals surface area (Å²) < 4.78 is 5.93. The van der Waals surface area contributed by atoms with Crippen LogP contribution < -0.4 is 10.1 Å². The third-order valence-electron chi connectivity index (χ3n) is 4.97. The number of amides is 1. The molecule has 3 aromatic rings. The SMILES string of the molecule is CCOc1c(C(=O)Nc2ccc(C(=O)O)cc2)cc2ccccc2c1C(C=N)CC. The first kappa shape index (κ1) is 21.0. The highest BCUT2D eigenvalue weighted by Crippen LogP contribution is 2.38. The number of carboxylic acid groups (broad SMARTS) is 1. The maximum absolute atomic E-state index is 13.2. The Kier molecular flexibility index (Phi) is 6.47. The Morgan fingerprint density at radius 1 is 1.13 bits per heavy atom. The lowest BCUT2D eigenvalue weighted by Crippen LogP contribution is -2.16. The highest BCUT2D eigenvalue weighted by Gasteiger charge is 2.24. The van der Waals surface area contributed by atoms with Crippen LogP contribution >= 0.6 is 0 Å². The van der Waals surface area contributed by atoms with Gasteiger partial charge in [-0.05, 0) is 54.4 Å². The molecule has 6 nitrogen and oxygen atoms in total. The van der Waals surface area contributed by atoms with E-state index in [1.165, 1.54) is 18.3 Å². The molecule has 0 saturated carbocycles. The Morgan fingerprint density at radius 3 is 2.43 bits per heavy atom. The fourth-order valence-corrected chi connectivity index (χ4v) is 3.49. The first-order chi connectivity index (χ1) is 14.5. The van der Waals surface area contributed by atoms with Crippen LogP contribution in [0.4, 0.5) is 5.69 Å². The molecule has 3 rings (SSSR count). The van der Waals surface area contributed by atoms with Gasteiger partial charge in [0.2, 0.25) is 0 Å². The Balaban J connectivity index is 2.11. The van der Waals surface area contributed by atoms with E-state index in [2.05, 4.69) is 5.32 Å². The van der Waals surface area contributed by atoms with E-state index in [0.29, 0.717) is 30.0 Å². The van der Waals surface area contributed by atoms with Gasteiger partial charge in [-0.2, -0.15) is 0 Å². The number of carbonyl (C=O) groups excluding carboxylic acids is 1. The lowest BCUT2D eigenvalue weighted by atomic mass is 9.89. The summed E-state index contributed by atoms with van der Waals surface area (Å²) in [4.78, 5) is 24.2. The van der Waals surface area contributed by atoms with E-state index in [-0.39, 0.29) is 17.4 Å². The second-order valence-corrected chi connectivity index (χ2v) is 6.84. The van der Waals surface area contributed by atoms with Gasteiger partial charge in [-0.15, -0.1) is 0 Å². The van der Waals surface area contributed by atoms with Gasteiger partial charge in [-0.25, -0.2) is 4.79 Å². The molecule has 1 unspecified atom stereocenters. The monoisotopic (exact) mass is 404 g/mol. The number of anilines is 1. The van der Waals surface area contributed by atoms with Crippen molar-refractivity contribution in [1.29, 1.82) is 5.41 Å². The zero-order valence-corrected chi connectivity index (χ0v) is 16.9. The van der Waals surface area contributed by atoms with Crippen LogP contribution in [0.1, 0.15) is 52.5 Å². The zero-order valence-electron chi connectivity index (χ0n) is 16.9. The molecule has 0 aliphatic carbocycles. The average Bonchev–Trinajstić information content (AvgIpc) is 2.75. The predicted molar refractivity (Wildman–Crippen MR) is 118 cm³/mol. The first-order valence-electron chi connectivity index (χ1n) is 9.83. The van der Waals surface area contributed by atoms with E-state index in [0.717, 1.165) is 16.3 Å². The lowest BCUT2D eigenvalue weighted by Gasteiger charge is -2.21. The van der Waals surface area contributed by atoms with Gasteiger partial charge in [0.05, 0.1) is 17.7 Å². The summed E-state index contributed by atoms with van der Waals surface area (Å²) in [5.74, 6) is -1.08. The van der Waals surface area contributed by atoms with E-state index in [1.807, 2.05) is 38.1 Å². The largest absolute Gasteiger partial charge is 0.493 e. The summed E-state index contributed by atoms with van der Waals surface area (Å²) in [6.07, 6.45) is 2.09.